The second-order valence-electron chi connectivity index (χ2n) is 4.70. The van der Waals surface area contributed by atoms with Gasteiger partial charge in [-0.1, -0.05) is 26.0 Å². The predicted octanol–water partition coefficient (Wildman–Crippen LogP) is 1.97. The standard InChI is InChI=1S/C13H17N3O/c1-8(2)7-10(14)12-15-11-6-4-3-5-9(11)13(17)16-12/h3-6,8,10H,7,14H2,1-2H3,(H,15,16,17)/t10-/m1/s1. The van der Waals surface area contributed by atoms with E-state index in [9.17, 15) is 4.79 Å². The zero-order valence-corrected chi connectivity index (χ0v) is 10.1. The van der Waals surface area contributed by atoms with Gasteiger partial charge in [-0.05, 0) is 24.5 Å². The summed E-state index contributed by atoms with van der Waals surface area (Å²) in [6, 6.07) is 7.07. The van der Waals surface area contributed by atoms with Crippen LogP contribution in [0.5, 0.6) is 0 Å². The molecule has 0 saturated heterocycles. The highest BCUT2D eigenvalue weighted by Gasteiger charge is 2.12. The molecule has 90 valence electrons. The molecule has 0 radical (unpaired) electrons. The van der Waals surface area contributed by atoms with Crippen molar-refractivity contribution in [2.24, 2.45) is 11.7 Å². The number of hydrogen-bond donors (Lipinski definition) is 2. The van der Waals surface area contributed by atoms with Crippen molar-refractivity contribution < 1.29 is 0 Å². The fourth-order valence-corrected chi connectivity index (χ4v) is 1.90. The molecule has 0 aliphatic carbocycles. The van der Waals surface area contributed by atoms with Gasteiger partial charge >= 0.3 is 0 Å². The van der Waals surface area contributed by atoms with Crippen molar-refractivity contribution >= 4 is 10.9 Å². The Labute approximate surface area is 99.9 Å². The Morgan fingerprint density at radius 2 is 2.06 bits per heavy atom. The number of aromatic nitrogens is 2. The summed E-state index contributed by atoms with van der Waals surface area (Å²) in [4.78, 5) is 19.0. The van der Waals surface area contributed by atoms with Crippen LogP contribution in [0.25, 0.3) is 10.9 Å². The Kier molecular flexibility index (Phi) is 3.24. The van der Waals surface area contributed by atoms with E-state index in [4.69, 9.17) is 5.73 Å². The minimum Gasteiger partial charge on any atom is -0.321 e. The van der Waals surface area contributed by atoms with Crippen LogP contribution in [0, 0.1) is 5.92 Å². The van der Waals surface area contributed by atoms with Crippen molar-refractivity contribution in [3.05, 3.63) is 40.4 Å². The van der Waals surface area contributed by atoms with Crippen LogP contribution >= 0.6 is 0 Å². The number of nitrogens with two attached hydrogens (primary N) is 1. The minimum atomic E-state index is -0.215. The third-order valence-corrected chi connectivity index (χ3v) is 2.71. The highest BCUT2D eigenvalue weighted by atomic mass is 16.1. The van der Waals surface area contributed by atoms with Crippen LogP contribution in [0.3, 0.4) is 0 Å². The maximum atomic E-state index is 11.8. The van der Waals surface area contributed by atoms with Crippen LogP contribution in [-0.4, -0.2) is 9.97 Å². The zero-order chi connectivity index (χ0) is 12.4. The lowest BCUT2D eigenvalue weighted by Gasteiger charge is -2.13. The number of nitrogens with one attached hydrogen (secondary N) is 1. The Balaban J connectivity index is 2.46. The van der Waals surface area contributed by atoms with Gasteiger partial charge in [0.05, 0.1) is 16.9 Å². The molecule has 0 amide bonds. The first-order valence-electron chi connectivity index (χ1n) is 5.82. The molecule has 1 aromatic carbocycles. The SMILES string of the molecule is CC(C)C[C@@H](N)c1nc2ccccc2c(=O)[nH]1. The molecule has 4 heteroatoms. The summed E-state index contributed by atoms with van der Waals surface area (Å²) < 4.78 is 0. The van der Waals surface area contributed by atoms with Crippen LogP contribution in [0.2, 0.25) is 0 Å². The molecule has 0 fully saturated rings. The van der Waals surface area contributed by atoms with Crippen molar-refractivity contribution in [1.29, 1.82) is 0 Å². The number of nitrogens with zero attached hydrogens (tertiary/aromatic N) is 1. The summed E-state index contributed by atoms with van der Waals surface area (Å²) in [6.07, 6.45) is 0.807. The van der Waals surface area contributed by atoms with Crippen molar-refractivity contribution in [3.8, 4) is 0 Å². The summed E-state index contributed by atoms with van der Waals surface area (Å²) in [5.74, 6) is 1.05. The number of fused-ring (bicyclic) bond motifs is 1. The molecule has 0 aliphatic rings. The van der Waals surface area contributed by atoms with Gasteiger partial charge in [-0.15, -0.1) is 0 Å². The molecule has 2 rings (SSSR count). The monoisotopic (exact) mass is 231 g/mol. The van der Waals surface area contributed by atoms with Crippen molar-refractivity contribution in [2.75, 3.05) is 0 Å². The molecule has 0 saturated carbocycles. The lowest BCUT2D eigenvalue weighted by Crippen LogP contribution is -2.21. The number of para-hydroxylation sites is 1. The summed E-state index contributed by atoms with van der Waals surface area (Å²) in [6.45, 7) is 4.19. The molecular weight excluding hydrogens is 214 g/mol. The van der Waals surface area contributed by atoms with E-state index >= 15 is 0 Å². The van der Waals surface area contributed by atoms with Gasteiger partial charge < -0.3 is 10.7 Å². The average molecular weight is 231 g/mol. The summed E-state index contributed by atoms with van der Waals surface area (Å²) in [7, 11) is 0. The van der Waals surface area contributed by atoms with E-state index < -0.39 is 0 Å². The molecule has 1 aromatic heterocycles. The molecule has 0 bridgehead atoms. The highest BCUT2D eigenvalue weighted by Crippen LogP contribution is 2.16. The molecule has 17 heavy (non-hydrogen) atoms. The van der Waals surface area contributed by atoms with Gasteiger partial charge in [0.2, 0.25) is 0 Å². The molecule has 0 spiro atoms. The Hall–Kier alpha value is -1.68. The second kappa shape index (κ2) is 4.67. The van der Waals surface area contributed by atoms with Gasteiger partial charge in [-0.25, -0.2) is 4.98 Å². The van der Waals surface area contributed by atoms with Gasteiger partial charge in [-0.3, -0.25) is 4.79 Å². The van der Waals surface area contributed by atoms with E-state index in [2.05, 4.69) is 23.8 Å². The third-order valence-electron chi connectivity index (χ3n) is 2.71. The zero-order valence-electron chi connectivity index (χ0n) is 10.1. The maximum absolute atomic E-state index is 11.8. The summed E-state index contributed by atoms with van der Waals surface area (Å²) >= 11 is 0. The number of H-pyrrole nitrogens is 1. The Morgan fingerprint density at radius 3 is 2.76 bits per heavy atom. The Bertz CT molecular complexity index is 574. The quantitative estimate of drug-likeness (QED) is 0.848. The van der Waals surface area contributed by atoms with Crippen molar-refractivity contribution in [2.45, 2.75) is 26.3 Å². The van der Waals surface area contributed by atoms with Gasteiger partial charge in [0.25, 0.3) is 5.56 Å². The largest absolute Gasteiger partial charge is 0.321 e. The first-order chi connectivity index (χ1) is 8.08. The van der Waals surface area contributed by atoms with Gasteiger partial charge in [-0.2, -0.15) is 0 Å². The molecular formula is C13H17N3O. The molecule has 4 nitrogen and oxygen atoms in total. The van der Waals surface area contributed by atoms with Crippen molar-refractivity contribution in [3.63, 3.8) is 0 Å². The van der Waals surface area contributed by atoms with Crippen LogP contribution < -0.4 is 11.3 Å². The fraction of sp³-hybridized carbons (Fsp3) is 0.385. The highest BCUT2D eigenvalue weighted by molar-refractivity contribution is 5.77. The fourth-order valence-electron chi connectivity index (χ4n) is 1.90. The number of aromatic amines is 1. The molecule has 3 N–H and O–H groups in total. The number of hydrogen-bond acceptors (Lipinski definition) is 3. The molecule has 2 aromatic rings. The predicted molar refractivity (Wildman–Crippen MR) is 68.7 cm³/mol. The molecule has 0 unspecified atom stereocenters. The van der Waals surface area contributed by atoms with E-state index in [1.807, 2.05) is 18.2 Å². The number of rotatable bonds is 3. The summed E-state index contributed by atoms with van der Waals surface area (Å²) in [5.41, 5.74) is 6.60. The van der Waals surface area contributed by atoms with E-state index in [0.29, 0.717) is 22.6 Å². The smallest absolute Gasteiger partial charge is 0.258 e. The summed E-state index contributed by atoms with van der Waals surface area (Å²) in [5, 5.41) is 0.605. The van der Waals surface area contributed by atoms with Crippen LogP contribution in [0.15, 0.2) is 29.1 Å². The van der Waals surface area contributed by atoms with Crippen molar-refractivity contribution in [1.82, 2.24) is 9.97 Å². The van der Waals surface area contributed by atoms with E-state index in [1.165, 1.54) is 0 Å². The maximum Gasteiger partial charge on any atom is 0.258 e. The van der Waals surface area contributed by atoms with Crippen LogP contribution in [0.4, 0.5) is 0 Å². The lowest BCUT2D eigenvalue weighted by atomic mass is 10.0. The van der Waals surface area contributed by atoms with Gasteiger partial charge in [0.1, 0.15) is 5.82 Å². The van der Waals surface area contributed by atoms with E-state index in [-0.39, 0.29) is 11.6 Å². The third kappa shape index (κ3) is 2.53. The lowest BCUT2D eigenvalue weighted by molar-refractivity contribution is 0.493. The topological polar surface area (TPSA) is 71.8 Å². The number of benzene rings is 1. The first-order valence-corrected chi connectivity index (χ1v) is 5.82. The van der Waals surface area contributed by atoms with E-state index in [1.54, 1.807) is 6.07 Å². The van der Waals surface area contributed by atoms with Gasteiger partial charge in [0, 0.05) is 0 Å². The Morgan fingerprint density at radius 1 is 1.35 bits per heavy atom. The first kappa shape index (κ1) is 11.8. The molecule has 0 aliphatic heterocycles. The minimum absolute atomic E-state index is 0.121. The second-order valence-corrected chi connectivity index (χ2v) is 4.70. The normalized spacial score (nSPS) is 13.2. The van der Waals surface area contributed by atoms with Crippen LogP contribution in [-0.2, 0) is 0 Å². The average Bonchev–Trinajstić information content (AvgIpc) is 2.28. The molecule has 1 atom stereocenters. The van der Waals surface area contributed by atoms with E-state index in [0.717, 1.165) is 6.42 Å². The van der Waals surface area contributed by atoms with Gasteiger partial charge in [0.15, 0.2) is 0 Å². The molecule has 1 heterocycles. The van der Waals surface area contributed by atoms with Crippen LogP contribution in [0.1, 0.15) is 32.1 Å².